The number of hydrogen-bond donors (Lipinski definition) is 0. The molecule has 0 heterocycles. The molecule has 3 aliphatic rings. The fourth-order valence-electron chi connectivity index (χ4n) is 6.99. The lowest BCUT2D eigenvalue weighted by atomic mass is 9.62. The first-order chi connectivity index (χ1) is 14.6. The Morgan fingerprint density at radius 2 is 1.69 bits per heavy atom. The number of alkyl halides is 2. The van der Waals surface area contributed by atoms with Gasteiger partial charge in [0.05, 0.1) is 5.60 Å². The Balaban J connectivity index is 1.71. The molecule has 5 atom stereocenters. The van der Waals surface area contributed by atoms with E-state index in [1.54, 1.807) is 7.11 Å². The van der Waals surface area contributed by atoms with Gasteiger partial charge in [0.25, 0.3) is 0 Å². The maximum atomic E-state index is 7.15. The summed E-state index contributed by atoms with van der Waals surface area (Å²) < 4.78 is 17.4. The standard InChI is InChI=1S/C26H48Cl2O3Si/c1-22(2,3)32(8,9)31-20-12-10-16-24(6)19(20)14-17-25(24)21(26(25,27)28)13-11-15-23(4,5)30-18-29-7/h19-21H,10-18H2,1-9H3/t19-,20-,21-,24-,25+/m0/s1. The molecular weight excluding hydrogens is 459 g/mol. The Hall–Kier alpha value is 0.677. The van der Waals surface area contributed by atoms with E-state index in [0.717, 1.165) is 25.7 Å². The Labute approximate surface area is 208 Å². The molecule has 188 valence electrons. The van der Waals surface area contributed by atoms with Gasteiger partial charge < -0.3 is 13.9 Å². The molecule has 1 spiro atoms. The number of ether oxygens (including phenoxy) is 2. The number of rotatable bonds is 9. The van der Waals surface area contributed by atoms with Gasteiger partial charge in [0.15, 0.2) is 8.32 Å². The van der Waals surface area contributed by atoms with Crippen LogP contribution in [0.1, 0.15) is 92.9 Å². The highest BCUT2D eigenvalue weighted by Gasteiger charge is 2.84. The first-order valence-electron chi connectivity index (χ1n) is 12.7. The number of fused-ring (bicyclic) bond motifs is 2. The summed E-state index contributed by atoms with van der Waals surface area (Å²) in [6.07, 6.45) is 9.50. The lowest BCUT2D eigenvalue weighted by molar-refractivity contribution is -0.118. The van der Waals surface area contributed by atoms with Gasteiger partial charge in [-0.2, -0.15) is 0 Å². The van der Waals surface area contributed by atoms with Crippen molar-refractivity contribution in [2.24, 2.45) is 22.7 Å². The van der Waals surface area contributed by atoms with E-state index in [9.17, 15) is 0 Å². The third-order valence-corrected chi connectivity index (χ3v) is 15.7. The lowest BCUT2D eigenvalue weighted by Gasteiger charge is -2.49. The second-order valence-corrected chi connectivity index (χ2v) is 19.4. The molecule has 3 nitrogen and oxygen atoms in total. The minimum Gasteiger partial charge on any atom is -0.414 e. The maximum absolute atomic E-state index is 7.15. The summed E-state index contributed by atoms with van der Waals surface area (Å²) in [4.78, 5) is 0. The summed E-state index contributed by atoms with van der Waals surface area (Å²) in [7, 11) is -0.138. The van der Waals surface area contributed by atoms with Gasteiger partial charge in [0.2, 0.25) is 0 Å². The first-order valence-corrected chi connectivity index (χ1v) is 16.4. The van der Waals surface area contributed by atoms with Crippen LogP contribution in [0.2, 0.25) is 18.1 Å². The van der Waals surface area contributed by atoms with E-state index in [-0.39, 0.29) is 21.5 Å². The van der Waals surface area contributed by atoms with Crippen LogP contribution in [0.4, 0.5) is 0 Å². The Morgan fingerprint density at radius 3 is 2.28 bits per heavy atom. The highest BCUT2D eigenvalue weighted by molar-refractivity contribution is 6.74. The van der Waals surface area contributed by atoms with Crippen molar-refractivity contribution in [1.29, 1.82) is 0 Å². The van der Waals surface area contributed by atoms with Gasteiger partial charge >= 0.3 is 0 Å². The molecule has 3 rings (SSSR count). The van der Waals surface area contributed by atoms with Crippen molar-refractivity contribution in [3.05, 3.63) is 0 Å². The van der Waals surface area contributed by atoms with E-state index in [1.165, 1.54) is 25.7 Å². The van der Waals surface area contributed by atoms with Crippen molar-refractivity contribution in [2.75, 3.05) is 13.9 Å². The molecule has 0 aliphatic heterocycles. The van der Waals surface area contributed by atoms with Crippen LogP contribution in [0.15, 0.2) is 0 Å². The molecule has 0 aromatic carbocycles. The summed E-state index contributed by atoms with van der Waals surface area (Å²) >= 11 is 14.3. The van der Waals surface area contributed by atoms with E-state index in [2.05, 4.69) is 54.6 Å². The van der Waals surface area contributed by atoms with Crippen molar-refractivity contribution in [1.82, 2.24) is 0 Å². The van der Waals surface area contributed by atoms with Crippen LogP contribution in [0.25, 0.3) is 0 Å². The van der Waals surface area contributed by atoms with Gasteiger partial charge in [-0.05, 0) is 81.8 Å². The van der Waals surface area contributed by atoms with Crippen molar-refractivity contribution in [3.8, 4) is 0 Å². The van der Waals surface area contributed by atoms with Gasteiger partial charge in [-0.25, -0.2) is 0 Å². The van der Waals surface area contributed by atoms with Crippen molar-refractivity contribution >= 4 is 31.5 Å². The largest absolute Gasteiger partial charge is 0.414 e. The van der Waals surface area contributed by atoms with Gasteiger partial charge in [0, 0.05) is 24.5 Å². The van der Waals surface area contributed by atoms with Crippen molar-refractivity contribution < 1.29 is 13.9 Å². The van der Waals surface area contributed by atoms with E-state index >= 15 is 0 Å². The predicted octanol–water partition coefficient (Wildman–Crippen LogP) is 8.34. The third-order valence-electron chi connectivity index (χ3n) is 9.96. The fourth-order valence-corrected chi connectivity index (χ4v) is 9.75. The Bertz CT molecular complexity index is 674. The summed E-state index contributed by atoms with van der Waals surface area (Å²) in [5, 5.41) is 0.236. The molecule has 0 bridgehead atoms. The summed E-state index contributed by atoms with van der Waals surface area (Å²) in [5.74, 6) is 0.951. The maximum Gasteiger partial charge on any atom is 0.192 e. The molecular formula is C26H48Cl2O3Si. The summed E-state index contributed by atoms with van der Waals surface area (Å²) in [6, 6.07) is 0. The van der Waals surface area contributed by atoms with Gasteiger partial charge in [0.1, 0.15) is 11.1 Å². The molecule has 0 radical (unpaired) electrons. The Kier molecular flexibility index (Phi) is 7.64. The number of halogens is 2. The second kappa shape index (κ2) is 8.96. The van der Waals surface area contributed by atoms with Crippen LogP contribution in [0.3, 0.4) is 0 Å². The van der Waals surface area contributed by atoms with Crippen molar-refractivity contribution in [3.63, 3.8) is 0 Å². The highest BCUT2D eigenvalue weighted by Crippen LogP contribution is 2.85. The number of methoxy groups -OCH3 is 1. The van der Waals surface area contributed by atoms with E-state index in [4.69, 9.17) is 37.1 Å². The molecule has 6 heteroatoms. The smallest absolute Gasteiger partial charge is 0.192 e. The molecule has 32 heavy (non-hydrogen) atoms. The molecule has 3 saturated carbocycles. The Morgan fingerprint density at radius 1 is 1.03 bits per heavy atom. The zero-order valence-corrected chi connectivity index (χ0v) is 24.6. The van der Waals surface area contributed by atoms with Gasteiger partial charge in [-0.1, -0.05) is 40.5 Å². The molecule has 0 aromatic rings. The zero-order valence-electron chi connectivity index (χ0n) is 22.1. The quantitative estimate of drug-likeness (QED) is 0.178. The SMILES string of the molecule is COCOC(C)(C)CCC[C@@H]1C(Cl)(Cl)[C@]12CC[C@H]1[C@@H](O[Si](C)(C)C(C)(C)C)CCC[C@@]12C. The van der Waals surface area contributed by atoms with Crippen LogP contribution < -0.4 is 0 Å². The monoisotopic (exact) mass is 506 g/mol. The minimum atomic E-state index is -1.81. The van der Waals surface area contributed by atoms with Crippen LogP contribution in [0, 0.1) is 22.7 Å². The van der Waals surface area contributed by atoms with E-state index in [1.807, 2.05) is 0 Å². The van der Waals surface area contributed by atoms with Crippen LogP contribution >= 0.6 is 23.2 Å². The normalized spacial score (nSPS) is 37.0. The predicted molar refractivity (Wildman–Crippen MR) is 138 cm³/mol. The minimum absolute atomic E-state index is 0.0424. The van der Waals surface area contributed by atoms with E-state index in [0.29, 0.717) is 24.7 Å². The third kappa shape index (κ3) is 4.48. The van der Waals surface area contributed by atoms with Crippen LogP contribution in [-0.2, 0) is 13.9 Å². The molecule has 0 N–H and O–H groups in total. The highest BCUT2D eigenvalue weighted by atomic mass is 35.5. The second-order valence-electron chi connectivity index (χ2n) is 13.2. The topological polar surface area (TPSA) is 27.7 Å². The van der Waals surface area contributed by atoms with Crippen LogP contribution in [0.5, 0.6) is 0 Å². The fraction of sp³-hybridized carbons (Fsp3) is 1.00. The molecule has 0 aromatic heterocycles. The van der Waals surface area contributed by atoms with Gasteiger partial charge in [-0.3, -0.25) is 0 Å². The summed E-state index contributed by atoms with van der Waals surface area (Å²) in [5.41, 5.74) is 0.0314. The average molecular weight is 508 g/mol. The molecule has 0 unspecified atom stereocenters. The number of hydrogen-bond acceptors (Lipinski definition) is 3. The molecule has 0 saturated heterocycles. The average Bonchev–Trinajstić information content (AvgIpc) is 2.96. The first kappa shape index (κ1) is 27.3. The molecule has 0 amide bonds. The van der Waals surface area contributed by atoms with Crippen LogP contribution in [-0.4, -0.2) is 38.3 Å². The van der Waals surface area contributed by atoms with E-state index < -0.39 is 12.7 Å². The zero-order chi connectivity index (χ0) is 24.2. The summed E-state index contributed by atoms with van der Waals surface area (Å²) in [6.45, 7) is 18.9. The molecule has 3 aliphatic carbocycles. The lowest BCUT2D eigenvalue weighted by Crippen LogP contribution is -2.50. The molecule has 3 fully saturated rings. The van der Waals surface area contributed by atoms with Crippen molar-refractivity contribution in [2.45, 2.75) is 127 Å². The van der Waals surface area contributed by atoms with Gasteiger partial charge in [-0.15, -0.1) is 23.2 Å².